The van der Waals surface area contributed by atoms with Gasteiger partial charge in [0.25, 0.3) is 0 Å². The van der Waals surface area contributed by atoms with Crippen molar-refractivity contribution in [3.8, 4) is 0 Å². The van der Waals surface area contributed by atoms with Gasteiger partial charge in [0.05, 0.1) is 11.4 Å². The van der Waals surface area contributed by atoms with Gasteiger partial charge in [-0.15, -0.1) is 0 Å². The van der Waals surface area contributed by atoms with Crippen LogP contribution in [0.1, 0.15) is 17.3 Å². The van der Waals surface area contributed by atoms with E-state index in [0.717, 1.165) is 0 Å². The maximum Gasteiger partial charge on any atom is 0.159 e. The molecule has 0 aliphatic rings. The van der Waals surface area contributed by atoms with Gasteiger partial charge in [-0.2, -0.15) is 0 Å². The summed E-state index contributed by atoms with van der Waals surface area (Å²) in [5.74, 6) is 5.17. The molecule has 0 aliphatic heterocycles. The SMILES string of the molecule is CC(=O)c1ccc(N)c(NN)c1. The molecule has 0 fully saturated rings. The Morgan fingerprint density at radius 1 is 1.50 bits per heavy atom. The molecule has 12 heavy (non-hydrogen) atoms. The van der Waals surface area contributed by atoms with Crippen LogP contribution >= 0.6 is 0 Å². The van der Waals surface area contributed by atoms with E-state index >= 15 is 0 Å². The molecular formula is C8H11N3O. The van der Waals surface area contributed by atoms with E-state index in [1.165, 1.54) is 6.92 Å². The predicted octanol–water partition coefficient (Wildman–Crippen LogP) is 0.757. The van der Waals surface area contributed by atoms with Crippen LogP contribution in [-0.4, -0.2) is 5.78 Å². The maximum atomic E-state index is 10.9. The first kappa shape index (κ1) is 8.55. The highest BCUT2D eigenvalue weighted by atomic mass is 16.1. The fraction of sp³-hybridized carbons (Fsp3) is 0.125. The number of hydrazine groups is 1. The molecule has 0 aliphatic carbocycles. The molecular weight excluding hydrogens is 154 g/mol. The van der Waals surface area contributed by atoms with E-state index in [2.05, 4.69) is 5.43 Å². The molecule has 4 nitrogen and oxygen atoms in total. The van der Waals surface area contributed by atoms with Gasteiger partial charge in [-0.25, -0.2) is 0 Å². The second-order valence-corrected chi connectivity index (χ2v) is 2.50. The number of hydrogen-bond donors (Lipinski definition) is 3. The Morgan fingerprint density at radius 3 is 2.67 bits per heavy atom. The summed E-state index contributed by atoms with van der Waals surface area (Å²) in [5, 5.41) is 0. The summed E-state index contributed by atoms with van der Waals surface area (Å²) in [5.41, 5.74) is 9.66. The van der Waals surface area contributed by atoms with Crippen LogP contribution in [0.4, 0.5) is 11.4 Å². The van der Waals surface area contributed by atoms with Gasteiger partial charge in [-0.05, 0) is 25.1 Å². The zero-order valence-corrected chi connectivity index (χ0v) is 6.79. The molecule has 0 spiro atoms. The number of ketones is 1. The molecule has 0 atom stereocenters. The number of benzene rings is 1. The molecule has 0 saturated carbocycles. The number of rotatable bonds is 2. The van der Waals surface area contributed by atoms with E-state index in [9.17, 15) is 4.79 Å². The molecule has 0 radical (unpaired) electrons. The highest BCUT2D eigenvalue weighted by Gasteiger charge is 2.02. The average Bonchev–Trinajstić information content (AvgIpc) is 2.05. The number of hydrogen-bond acceptors (Lipinski definition) is 4. The summed E-state index contributed by atoms with van der Waals surface area (Å²) < 4.78 is 0. The van der Waals surface area contributed by atoms with Crippen molar-refractivity contribution in [3.05, 3.63) is 23.8 Å². The minimum Gasteiger partial charge on any atom is -0.397 e. The lowest BCUT2D eigenvalue weighted by atomic mass is 10.1. The summed E-state index contributed by atoms with van der Waals surface area (Å²) in [6, 6.07) is 4.93. The van der Waals surface area contributed by atoms with Crippen LogP contribution in [0.25, 0.3) is 0 Å². The monoisotopic (exact) mass is 165 g/mol. The Kier molecular flexibility index (Phi) is 2.30. The number of carbonyl (C=O) groups excluding carboxylic acids is 1. The van der Waals surface area contributed by atoms with Crippen LogP contribution in [0.3, 0.4) is 0 Å². The van der Waals surface area contributed by atoms with Gasteiger partial charge >= 0.3 is 0 Å². The van der Waals surface area contributed by atoms with Crippen LogP contribution in [0.2, 0.25) is 0 Å². The Morgan fingerprint density at radius 2 is 2.17 bits per heavy atom. The van der Waals surface area contributed by atoms with Crippen molar-refractivity contribution in [2.24, 2.45) is 5.84 Å². The van der Waals surface area contributed by atoms with Gasteiger partial charge in [-0.3, -0.25) is 10.6 Å². The van der Waals surface area contributed by atoms with Crippen molar-refractivity contribution in [1.82, 2.24) is 0 Å². The molecule has 4 heteroatoms. The first-order chi connectivity index (χ1) is 5.65. The zero-order valence-electron chi connectivity index (χ0n) is 6.79. The second-order valence-electron chi connectivity index (χ2n) is 2.50. The molecule has 0 saturated heterocycles. The van der Waals surface area contributed by atoms with Gasteiger partial charge in [0.1, 0.15) is 0 Å². The summed E-state index contributed by atoms with van der Waals surface area (Å²) in [4.78, 5) is 10.9. The predicted molar refractivity (Wildman–Crippen MR) is 48.7 cm³/mol. The highest BCUT2D eigenvalue weighted by molar-refractivity contribution is 5.96. The van der Waals surface area contributed by atoms with Gasteiger partial charge in [-0.1, -0.05) is 0 Å². The number of anilines is 2. The molecule has 0 amide bonds. The molecule has 0 aromatic heterocycles. The smallest absolute Gasteiger partial charge is 0.159 e. The van der Waals surface area contributed by atoms with E-state index in [0.29, 0.717) is 16.9 Å². The third-order valence-electron chi connectivity index (χ3n) is 1.62. The van der Waals surface area contributed by atoms with Gasteiger partial charge in [0, 0.05) is 5.56 Å². The Hall–Kier alpha value is -1.55. The fourth-order valence-corrected chi connectivity index (χ4v) is 0.900. The number of Topliss-reactive ketones (excluding diaryl/α,β-unsaturated/α-hetero) is 1. The van der Waals surface area contributed by atoms with Crippen molar-refractivity contribution in [1.29, 1.82) is 0 Å². The molecule has 1 rings (SSSR count). The van der Waals surface area contributed by atoms with Crippen LogP contribution in [-0.2, 0) is 0 Å². The standard InChI is InChI=1S/C8H11N3O/c1-5(12)6-2-3-7(9)8(4-6)11-10/h2-4,11H,9-10H2,1H3. The van der Waals surface area contributed by atoms with Gasteiger partial charge < -0.3 is 11.2 Å². The lowest BCUT2D eigenvalue weighted by Gasteiger charge is -2.05. The largest absolute Gasteiger partial charge is 0.397 e. The maximum absolute atomic E-state index is 10.9. The first-order valence-electron chi connectivity index (χ1n) is 3.52. The number of nitrogens with two attached hydrogens (primary N) is 2. The van der Waals surface area contributed by atoms with Crippen molar-refractivity contribution >= 4 is 17.2 Å². The topological polar surface area (TPSA) is 81.1 Å². The summed E-state index contributed by atoms with van der Waals surface area (Å²) in [6.07, 6.45) is 0. The van der Waals surface area contributed by atoms with Crippen molar-refractivity contribution < 1.29 is 4.79 Å². The number of nitrogens with one attached hydrogen (secondary N) is 1. The second kappa shape index (κ2) is 3.23. The average molecular weight is 165 g/mol. The van der Waals surface area contributed by atoms with Crippen LogP contribution in [0.5, 0.6) is 0 Å². The van der Waals surface area contributed by atoms with Crippen LogP contribution in [0, 0.1) is 0 Å². The number of carbonyl (C=O) groups is 1. The molecule has 64 valence electrons. The third kappa shape index (κ3) is 1.54. The van der Waals surface area contributed by atoms with Crippen molar-refractivity contribution in [2.75, 3.05) is 11.2 Å². The van der Waals surface area contributed by atoms with E-state index in [4.69, 9.17) is 11.6 Å². The quantitative estimate of drug-likeness (QED) is 0.261. The molecule has 0 heterocycles. The van der Waals surface area contributed by atoms with Crippen LogP contribution in [0.15, 0.2) is 18.2 Å². The first-order valence-corrected chi connectivity index (χ1v) is 3.52. The normalized spacial score (nSPS) is 9.50. The van der Waals surface area contributed by atoms with E-state index in [1.54, 1.807) is 18.2 Å². The van der Waals surface area contributed by atoms with Gasteiger partial charge in [0.2, 0.25) is 0 Å². The number of nitrogen functional groups attached to an aromatic ring is 2. The van der Waals surface area contributed by atoms with Crippen LogP contribution < -0.4 is 17.0 Å². The van der Waals surface area contributed by atoms with E-state index in [1.807, 2.05) is 0 Å². The van der Waals surface area contributed by atoms with Crippen molar-refractivity contribution in [2.45, 2.75) is 6.92 Å². The molecule has 0 bridgehead atoms. The third-order valence-corrected chi connectivity index (χ3v) is 1.62. The highest BCUT2D eigenvalue weighted by Crippen LogP contribution is 2.18. The molecule has 1 aromatic carbocycles. The lowest BCUT2D eigenvalue weighted by Crippen LogP contribution is -2.09. The fourth-order valence-electron chi connectivity index (χ4n) is 0.900. The Balaban J connectivity index is 3.13. The minimum absolute atomic E-state index is 0.00787. The Labute approximate surface area is 70.5 Å². The zero-order chi connectivity index (χ0) is 9.14. The Bertz CT molecular complexity index is 309. The van der Waals surface area contributed by atoms with Crippen molar-refractivity contribution in [3.63, 3.8) is 0 Å². The molecule has 1 aromatic rings. The minimum atomic E-state index is -0.00787. The van der Waals surface area contributed by atoms with Gasteiger partial charge in [0.15, 0.2) is 5.78 Å². The summed E-state index contributed by atoms with van der Waals surface area (Å²) >= 11 is 0. The summed E-state index contributed by atoms with van der Waals surface area (Å²) in [7, 11) is 0. The summed E-state index contributed by atoms with van der Waals surface area (Å²) in [6.45, 7) is 1.49. The lowest BCUT2D eigenvalue weighted by molar-refractivity contribution is 0.101. The van der Waals surface area contributed by atoms with E-state index in [-0.39, 0.29) is 5.78 Å². The molecule has 0 unspecified atom stereocenters. The van der Waals surface area contributed by atoms with E-state index < -0.39 is 0 Å². The molecule has 5 N–H and O–H groups in total.